The van der Waals surface area contributed by atoms with E-state index in [1.807, 2.05) is 0 Å². The molecule has 6 N–H and O–H groups in total. The van der Waals surface area contributed by atoms with E-state index in [0.29, 0.717) is 32.9 Å². The number of phenols is 2. The number of carbonyl (C=O) groups excluding carboxylic acids is 2. The summed E-state index contributed by atoms with van der Waals surface area (Å²) < 4.78 is 5.77. The Balaban J connectivity index is 2.12. The molecule has 0 radical (unpaired) electrons. The number of urea groups is 1. The molecule has 0 aliphatic heterocycles. The second-order valence-corrected chi connectivity index (χ2v) is 9.49. The van der Waals surface area contributed by atoms with Gasteiger partial charge in [-0.2, -0.15) is 0 Å². The molecule has 1 unspecified atom stereocenters. The Morgan fingerprint density at radius 2 is 1.84 bits per heavy atom. The molecule has 1 aromatic rings. The molecule has 1 aliphatic rings. The largest absolute Gasteiger partial charge is 0.508 e. The fourth-order valence-corrected chi connectivity index (χ4v) is 4.80. The summed E-state index contributed by atoms with van der Waals surface area (Å²) in [5.41, 5.74) is 1.16. The summed E-state index contributed by atoms with van der Waals surface area (Å²) in [6.07, 6.45) is 1.09. The first-order chi connectivity index (χ1) is 15.1. The Kier molecular flexibility index (Phi) is 9.71. The van der Waals surface area contributed by atoms with Crippen molar-refractivity contribution >= 4 is 59.8 Å². The summed E-state index contributed by atoms with van der Waals surface area (Å²) in [5.74, 6) is -1.73. The predicted molar refractivity (Wildman–Crippen MR) is 128 cm³/mol. The van der Waals surface area contributed by atoms with Crippen LogP contribution in [-0.2, 0) is 22.5 Å². The first-order valence-corrected chi connectivity index (χ1v) is 11.9. The van der Waals surface area contributed by atoms with E-state index in [0.717, 1.165) is 0 Å². The molecule has 9 nitrogen and oxygen atoms in total. The lowest BCUT2D eigenvalue weighted by molar-refractivity contribution is -0.140. The van der Waals surface area contributed by atoms with Crippen LogP contribution in [0.2, 0.25) is 0 Å². The topological polar surface area (TPSA) is 148 Å². The first-order valence-electron chi connectivity index (χ1n) is 9.54. The monoisotopic (exact) mass is 640 g/mol. The number of methoxy groups -OCH3 is 1. The molecule has 176 valence electrons. The number of carbonyl (C=O) groups is 2. The molecule has 12 heteroatoms. The highest BCUT2D eigenvalue weighted by Crippen LogP contribution is 2.44. The third-order valence-corrected chi connectivity index (χ3v) is 8.10. The number of hydrogen-bond acceptors (Lipinski definition) is 7. The number of aliphatic hydroxyl groups excluding tert-OH is 2. The molecular weight excluding hydrogens is 620 g/mol. The Morgan fingerprint density at radius 1 is 1.16 bits per heavy atom. The van der Waals surface area contributed by atoms with Crippen LogP contribution in [0.15, 0.2) is 31.0 Å². The number of allylic oxidation sites excluding steroid dienone is 3. The summed E-state index contributed by atoms with van der Waals surface area (Å²) >= 11 is 9.97. The minimum absolute atomic E-state index is 0.0485. The van der Waals surface area contributed by atoms with Gasteiger partial charge in [-0.25, -0.2) is 4.79 Å². The van der Waals surface area contributed by atoms with Gasteiger partial charge in [-0.05, 0) is 61.9 Å². The van der Waals surface area contributed by atoms with E-state index >= 15 is 0 Å². The van der Waals surface area contributed by atoms with E-state index in [1.54, 1.807) is 0 Å². The average molecular weight is 643 g/mol. The number of phenolic OH excluding ortho intramolecular Hbond substituents is 2. The quantitative estimate of drug-likeness (QED) is 0.139. The summed E-state index contributed by atoms with van der Waals surface area (Å²) in [6.45, 7) is 0.328. The number of hydrogen-bond donors (Lipinski definition) is 6. The van der Waals surface area contributed by atoms with Gasteiger partial charge in [0, 0.05) is 36.3 Å². The fourth-order valence-electron chi connectivity index (χ4n) is 3.12. The van der Waals surface area contributed by atoms with Crippen molar-refractivity contribution < 1.29 is 34.8 Å². The second kappa shape index (κ2) is 11.8. The third-order valence-electron chi connectivity index (χ3n) is 4.86. The zero-order valence-corrected chi connectivity index (χ0v) is 21.8. The third kappa shape index (κ3) is 6.55. The maximum atomic E-state index is 12.1. The maximum absolute atomic E-state index is 12.1. The van der Waals surface area contributed by atoms with Crippen LogP contribution in [0.25, 0.3) is 0 Å². The summed E-state index contributed by atoms with van der Waals surface area (Å²) in [7, 11) is 1.30. The molecule has 0 fully saturated rings. The first kappa shape index (κ1) is 26.3. The standard InChI is InChI=1S/C20H23Br3N2O7/c1-32-14(28)3-2-4-24-20(31)25-8-10-7-13(27)18(29)16(22)11(10)5-9-6-12(26)19(30)17(23)15(9)21/h7,9,26-27,29-30H,2-6,8H2,1H3,(H2,24,25,31). The molecule has 1 aliphatic carbocycles. The molecule has 2 rings (SSSR count). The Bertz CT molecular complexity index is 963. The summed E-state index contributed by atoms with van der Waals surface area (Å²) in [4.78, 5) is 23.2. The zero-order chi connectivity index (χ0) is 24.0. The van der Waals surface area contributed by atoms with Gasteiger partial charge >= 0.3 is 12.0 Å². The lowest BCUT2D eigenvalue weighted by Crippen LogP contribution is -2.36. The van der Waals surface area contributed by atoms with E-state index in [4.69, 9.17) is 0 Å². The average Bonchev–Trinajstić information content (AvgIpc) is 2.77. The Morgan fingerprint density at radius 3 is 2.50 bits per heavy atom. The molecule has 1 aromatic carbocycles. The van der Waals surface area contributed by atoms with Gasteiger partial charge in [-0.3, -0.25) is 4.79 Å². The highest BCUT2D eigenvalue weighted by molar-refractivity contribution is 9.14. The van der Waals surface area contributed by atoms with Crippen LogP contribution in [-0.4, -0.2) is 46.1 Å². The van der Waals surface area contributed by atoms with E-state index in [2.05, 4.69) is 63.2 Å². The van der Waals surface area contributed by atoms with Crippen molar-refractivity contribution in [2.24, 2.45) is 5.92 Å². The number of nitrogens with one attached hydrogen (secondary N) is 2. The van der Waals surface area contributed by atoms with Crippen molar-refractivity contribution in [3.63, 3.8) is 0 Å². The number of ether oxygens (including phenoxy) is 1. The normalized spacial score (nSPS) is 16.2. The van der Waals surface area contributed by atoms with Crippen LogP contribution in [0.4, 0.5) is 4.79 Å². The number of esters is 1. The van der Waals surface area contributed by atoms with Crippen LogP contribution in [0.5, 0.6) is 11.5 Å². The van der Waals surface area contributed by atoms with Crippen molar-refractivity contribution in [2.75, 3.05) is 13.7 Å². The minimum atomic E-state index is -0.462. The Hall–Kier alpha value is -1.92. The SMILES string of the molecule is COC(=O)CCCNC(=O)NCc1cc(O)c(O)c(Br)c1CC1CC(O)=C(O)C(Br)=C1Br. The number of aliphatic hydroxyl groups is 2. The molecule has 32 heavy (non-hydrogen) atoms. The molecular formula is C20H23Br3N2O7. The van der Waals surface area contributed by atoms with Gasteiger partial charge in [0.05, 0.1) is 16.1 Å². The van der Waals surface area contributed by atoms with Crippen molar-refractivity contribution in [1.29, 1.82) is 0 Å². The van der Waals surface area contributed by atoms with Gasteiger partial charge in [-0.15, -0.1) is 0 Å². The molecule has 0 heterocycles. The highest BCUT2D eigenvalue weighted by atomic mass is 79.9. The van der Waals surface area contributed by atoms with Crippen molar-refractivity contribution in [2.45, 2.75) is 32.2 Å². The van der Waals surface area contributed by atoms with Crippen LogP contribution in [0.1, 0.15) is 30.4 Å². The van der Waals surface area contributed by atoms with Crippen LogP contribution in [0, 0.1) is 5.92 Å². The van der Waals surface area contributed by atoms with Crippen LogP contribution in [0.3, 0.4) is 0 Å². The van der Waals surface area contributed by atoms with Gasteiger partial charge in [0.25, 0.3) is 0 Å². The predicted octanol–water partition coefficient (Wildman–Crippen LogP) is 4.50. The van der Waals surface area contributed by atoms with Gasteiger partial charge in [0.15, 0.2) is 17.3 Å². The van der Waals surface area contributed by atoms with Gasteiger partial charge in [0.2, 0.25) is 0 Å². The van der Waals surface area contributed by atoms with E-state index in [9.17, 15) is 30.0 Å². The molecule has 0 bridgehead atoms. The van der Waals surface area contributed by atoms with Gasteiger partial charge < -0.3 is 35.8 Å². The number of amides is 2. The van der Waals surface area contributed by atoms with E-state index in [1.165, 1.54) is 13.2 Å². The van der Waals surface area contributed by atoms with Crippen LogP contribution >= 0.6 is 47.8 Å². The molecule has 0 spiro atoms. The minimum Gasteiger partial charge on any atom is -0.508 e. The van der Waals surface area contributed by atoms with Gasteiger partial charge in [0.1, 0.15) is 5.76 Å². The van der Waals surface area contributed by atoms with E-state index in [-0.39, 0.29) is 65.3 Å². The highest BCUT2D eigenvalue weighted by Gasteiger charge is 2.29. The van der Waals surface area contributed by atoms with E-state index < -0.39 is 6.03 Å². The lowest BCUT2D eigenvalue weighted by Gasteiger charge is -2.25. The number of aromatic hydroxyl groups is 2. The molecule has 1 atom stereocenters. The summed E-state index contributed by atoms with van der Waals surface area (Å²) in [5, 5.41) is 45.4. The molecule has 0 aromatic heterocycles. The summed E-state index contributed by atoms with van der Waals surface area (Å²) in [6, 6.07) is 0.895. The number of benzene rings is 1. The van der Waals surface area contributed by atoms with Crippen molar-refractivity contribution in [3.8, 4) is 11.5 Å². The second-order valence-electron chi connectivity index (χ2n) is 7.05. The van der Waals surface area contributed by atoms with Gasteiger partial charge in [-0.1, -0.05) is 15.9 Å². The van der Waals surface area contributed by atoms with Crippen molar-refractivity contribution in [3.05, 3.63) is 42.1 Å². The smallest absolute Gasteiger partial charge is 0.315 e. The maximum Gasteiger partial charge on any atom is 0.315 e. The lowest BCUT2D eigenvalue weighted by atomic mass is 9.89. The molecule has 0 saturated heterocycles. The number of rotatable bonds is 8. The van der Waals surface area contributed by atoms with Crippen molar-refractivity contribution in [1.82, 2.24) is 10.6 Å². The zero-order valence-electron chi connectivity index (χ0n) is 17.0. The Labute approximate surface area is 209 Å². The fraction of sp³-hybridized carbons (Fsp3) is 0.400. The molecule has 0 saturated carbocycles. The van der Waals surface area contributed by atoms with Crippen LogP contribution < -0.4 is 10.6 Å². The molecule has 2 amide bonds. The number of halogens is 3.